The molecule has 0 saturated carbocycles. The lowest BCUT2D eigenvalue weighted by atomic mass is 10.3. The zero-order valence-electron chi connectivity index (χ0n) is 6.16. The molecule has 1 aromatic heterocycles. The molecule has 3 nitrogen and oxygen atoms in total. The summed E-state index contributed by atoms with van der Waals surface area (Å²) >= 11 is 0. The molecule has 0 aliphatic rings. The molecular formula is C8H10N2O. The number of pyridine rings is 1. The van der Waals surface area contributed by atoms with Crippen molar-refractivity contribution >= 4 is 0 Å². The molecule has 58 valence electrons. The van der Waals surface area contributed by atoms with E-state index >= 15 is 0 Å². The van der Waals surface area contributed by atoms with Gasteiger partial charge in [-0.15, -0.1) is 0 Å². The van der Waals surface area contributed by atoms with Crippen molar-refractivity contribution in [2.45, 2.75) is 6.54 Å². The highest BCUT2D eigenvalue weighted by molar-refractivity contribution is 5.07. The fraction of sp³-hybridized carbons (Fsp3) is 0.125. The Labute approximate surface area is 65.7 Å². The molecule has 0 aliphatic heterocycles. The van der Waals surface area contributed by atoms with E-state index in [1.165, 1.54) is 6.26 Å². The normalized spacial score (nSPS) is 9.09. The molecular weight excluding hydrogens is 140 g/mol. The first kappa shape index (κ1) is 7.75. The van der Waals surface area contributed by atoms with Crippen LogP contribution in [0.4, 0.5) is 0 Å². The summed E-state index contributed by atoms with van der Waals surface area (Å²) in [6.07, 6.45) is 4.85. The van der Waals surface area contributed by atoms with Gasteiger partial charge in [-0.3, -0.25) is 4.98 Å². The van der Waals surface area contributed by atoms with Crippen LogP contribution in [-0.4, -0.2) is 4.98 Å². The Morgan fingerprint density at radius 2 is 2.64 bits per heavy atom. The minimum Gasteiger partial charge on any atom is -0.417 e. The number of hydrogen-bond acceptors (Lipinski definition) is 3. The minimum absolute atomic E-state index is 0.639. The number of hydroxylamine groups is 1. The van der Waals surface area contributed by atoms with Gasteiger partial charge in [0.05, 0.1) is 6.54 Å². The maximum atomic E-state index is 4.72. The summed E-state index contributed by atoms with van der Waals surface area (Å²) in [7, 11) is 0. The van der Waals surface area contributed by atoms with Gasteiger partial charge >= 0.3 is 0 Å². The quantitative estimate of drug-likeness (QED) is 0.398. The first-order valence-electron chi connectivity index (χ1n) is 3.32. The highest BCUT2D eigenvalue weighted by Gasteiger charge is 1.88. The van der Waals surface area contributed by atoms with Crippen LogP contribution in [0.15, 0.2) is 37.4 Å². The summed E-state index contributed by atoms with van der Waals surface area (Å²) in [5.41, 5.74) is 3.77. The van der Waals surface area contributed by atoms with Gasteiger partial charge in [-0.1, -0.05) is 12.6 Å². The monoisotopic (exact) mass is 150 g/mol. The van der Waals surface area contributed by atoms with Gasteiger partial charge < -0.3 is 4.84 Å². The molecule has 0 spiro atoms. The fourth-order valence-electron chi connectivity index (χ4n) is 0.687. The van der Waals surface area contributed by atoms with E-state index < -0.39 is 0 Å². The van der Waals surface area contributed by atoms with E-state index in [1.54, 1.807) is 12.4 Å². The summed E-state index contributed by atoms with van der Waals surface area (Å²) < 4.78 is 0. The van der Waals surface area contributed by atoms with Crippen molar-refractivity contribution in [3.63, 3.8) is 0 Å². The zero-order chi connectivity index (χ0) is 7.94. The van der Waals surface area contributed by atoms with Crippen molar-refractivity contribution in [1.82, 2.24) is 10.5 Å². The average Bonchev–Trinajstić information content (AvgIpc) is 2.07. The molecule has 1 N–H and O–H groups in total. The second kappa shape index (κ2) is 4.46. The van der Waals surface area contributed by atoms with E-state index in [-0.39, 0.29) is 0 Å². The third-order valence-corrected chi connectivity index (χ3v) is 1.17. The molecule has 0 aromatic carbocycles. The molecule has 1 rings (SSSR count). The number of rotatable bonds is 4. The van der Waals surface area contributed by atoms with Crippen LogP contribution < -0.4 is 5.48 Å². The summed E-state index contributed by atoms with van der Waals surface area (Å²) in [5.74, 6) is 0. The van der Waals surface area contributed by atoms with Gasteiger partial charge in [-0.05, 0) is 11.6 Å². The molecule has 1 heterocycles. The third-order valence-electron chi connectivity index (χ3n) is 1.17. The van der Waals surface area contributed by atoms with Crippen molar-refractivity contribution < 1.29 is 4.84 Å². The molecule has 0 bridgehead atoms. The highest BCUT2D eigenvalue weighted by Crippen LogP contribution is 1.93. The minimum atomic E-state index is 0.639. The molecule has 0 saturated heterocycles. The van der Waals surface area contributed by atoms with Gasteiger partial charge in [0.1, 0.15) is 6.26 Å². The van der Waals surface area contributed by atoms with Crippen LogP contribution in [0.3, 0.4) is 0 Å². The Kier molecular flexibility index (Phi) is 3.15. The molecule has 0 amide bonds. The van der Waals surface area contributed by atoms with E-state index in [0.717, 1.165) is 5.56 Å². The molecule has 0 fully saturated rings. The number of nitrogens with one attached hydrogen (secondary N) is 1. The molecule has 0 aliphatic carbocycles. The molecule has 1 aromatic rings. The van der Waals surface area contributed by atoms with E-state index in [4.69, 9.17) is 4.84 Å². The van der Waals surface area contributed by atoms with E-state index in [2.05, 4.69) is 17.0 Å². The zero-order valence-corrected chi connectivity index (χ0v) is 6.16. The van der Waals surface area contributed by atoms with Gasteiger partial charge in [0, 0.05) is 12.4 Å². The van der Waals surface area contributed by atoms with Crippen LogP contribution in [0.1, 0.15) is 5.56 Å². The van der Waals surface area contributed by atoms with Crippen molar-refractivity contribution in [1.29, 1.82) is 0 Å². The molecule has 0 radical (unpaired) electrons. The molecule has 0 atom stereocenters. The number of aromatic nitrogens is 1. The second-order valence-corrected chi connectivity index (χ2v) is 1.97. The second-order valence-electron chi connectivity index (χ2n) is 1.97. The topological polar surface area (TPSA) is 34.1 Å². The lowest BCUT2D eigenvalue weighted by molar-refractivity contribution is 0.130. The Bertz CT molecular complexity index is 211. The Morgan fingerprint density at radius 3 is 3.27 bits per heavy atom. The molecule has 11 heavy (non-hydrogen) atoms. The van der Waals surface area contributed by atoms with Crippen LogP contribution in [0.25, 0.3) is 0 Å². The van der Waals surface area contributed by atoms with Crippen molar-refractivity contribution in [3.8, 4) is 0 Å². The standard InChI is InChI=1S/C8H10N2O/c1-2-11-10-7-8-4-3-5-9-6-8/h2-6,10H,1,7H2. The lowest BCUT2D eigenvalue weighted by Gasteiger charge is -2.00. The van der Waals surface area contributed by atoms with Crippen LogP contribution in [0.5, 0.6) is 0 Å². The SMILES string of the molecule is C=CONCc1cccnc1. The summed E-state index contributed by atoms with van der Waals surface area (Å²) in [5, 5.41) is 0. The Hall–Kier alpha value is -1.35. The van der Waals surface area contributed by atoms with Gasteiger partial charge in [-0.2, -0.15) is 5.48 Å². The highest BCUT2D eigenvalue weighted by atomic mass is 16.6. The van der Waals surface area contributed by atoms with Crippen molar-refractivity contribution in [2.75, 3.05) is 0 Å². The maximum absolute atomic E-state index is 4.72. The molecule has 0 unspecified atom stereocenters. The van der Waals surface area contributed by atoms with Gasteiger partial charge in [-0.25, -0.2) is 0 Å². The summed E-state index contributed by atoms with van der Waals surface area (Å²) in [6.45, 7) is 4.03. The van der Waals surface area contributed by atoms with Gasteiger partial charge in [0.2, 0.25) is 0 Å². The average molecular weight is 150 g/mol. The fourth-order valence-corrected chi connectivity index (χ4v) is 0.687. The molecule has 3 heteroatoms. The van der Waals surface area contributed by atoms with Crippen molar-refractivity contribution in [3.05, 3.63) is 42.9 Å². The summed E-state index contributed by atoms with van der Waals surface area (Å²) in [4.78, 5) is 8.67. The first-order chi connectivity index (χ1) is 5.43. The van der Waals surface area contributed by atoms with Crippen LogP contribution in [0.2, 0.25) is 0 Å². The number of nitrogens with zero attached hydrogens (tertiary/aromatic N) is 1. The predicted molar refractivity (Wildman–Crippen MR) is 42.4 cm³/mol. The largest absolute Gasteiger partial charge is 0.417 e. The number of hydrogen-bond donors (Lipinski definition) is 1. The third kappa shape index (κ3) is 2.82. The van der Waals surface area contributed by atoms with Crippen LogP contribution in [0, 0.1) is 0 Å². The Morgan fingerprint density at radius 1 is 1.73 bits per heavy atom. The lowest BCUT2D eigenvalue weighted by Crippen LogP contribution is -2.09. The first-order valence-corrected chi connectivity index (χ1v) is 3.32. The smallest absolute Gasteiger partial charge is 0.104 e. The summed E-state index contributed by atoms with van der Waals surface area (Å²) in [6, 6.07) is 3.84. The van der Waals surface area contributed by atoms with Gasteiger partial charge in [0.15, 0.2) is 0 Å². The van der Waals surface area contributed by atoms with Crippen LogP contribution in [-0.2, 0) is 11.4 Å². The van der Waals surface area contributed by atoms with E-state index in [1.807, 2.05) is 12.1 Å². The Balaban J connectivity index is 2.33. The van der Waals surface area contributed by atoms with E-state index in [9.17, 15) is 0 Å². The predicted octanol–water partition coefficient (Wildman–Crippen LogP) is 1.25. The maximum Gasteiger partial charge on any atom is 0.104 e. The van der Waals surface area contributed by atoms with E-state index in [0.29, 0.717) is 6.54 Å². The van der Waals surface area contributed by atoms with Gasteiger partial charge in [0.25, 0.3) is 0 Å². The van der Waals surface area contributed by atoms with Crippen LogP contribution >= 0.6 is 0 Å². The van der Waals surface area contributed by atoms with Crippen molar-refractivity contribution in [2.24, 2.45) is 0 Å².